The molecule has 0 radical (unpaired) electrons. The van der Waals surface area contributed by atoms with E-state index in [-0.39, 0.29) is 11.3 Å². The zero-order chi connectivity index (χ0) is 13.1. The first kappa shape index (κ1) is 12.6. The van der Waals surface area contributed by atoms with Crippen LogP contribution in [0.3, 0.4) is 0 Å². The quantitative estimate of drug-likeness (QED) is 0.891. The maximum absolute atomic E-state index is 13.3. The molecule has 0 aliphatic carbocycles. The third-order valence-corrected chi connectivity index (χ3v) is 2.93. The molecule has 18 heavy (non-hydrogen) atoms. The third-order valence-electron chi connectivity index (χ3n) is 2.29. The molecule has 2 aromatic rings. The SMILES string of the molecule is O=C(Nc1cccc(O)c1)c1ccc(Br)c(F)c1. The molecule has 0 aromatic heterocycles. The van der Waals surface area contributed by atoms with Gasteiger partial charge >= 0.3 is 0 Å². The van der Waals surface area contributed by atoms with E-state index in [1.165, 1.54) is 24.3 Å². The van der Waals surface area contributed by atoms with Gasteiger partial charge in [-0.25, -0.2) is 4.39 Å². The highest BCUT2D eigenvalue weighted by atomic mass is 79.9. The molecular weight excluding hydrogens is 301 g/mol. The van der Waals surface area contributed by atoms with Gasteiger partial charge in [0.15, 0.2) is 0 Å². The summed E-state index contributed by atoms with van der Waals surface area (Å²) in [6.45, 7) is 0. The van der Waals surface area contributed by atoms with Crippen molar-refractivity contribution < 1.29 is 14.3 Å². The fraction of sp³-hybridized carbons (Fsp3) is 0. The van der Waals surface area contributed by atoms with Gasteiger partial charge in [0.25, 0.3) is 5.91 Å². The molecule has 0 saturated heterocycles. The van der Waals surface area contributed by atoms with Crippen molar-refractivity contribution in [3.05, 3.63) is 58.3 Å². The number of amides is 1. The number of aromatic hydroxyl groups is 1. The van der Waals surface area contributed by atoms with Crippen LogP contribution in [0, 0.1) is 5.82 Å². The van der Waals surface area contributed by atoms with E-state index in [0.717, 1.165) is 6.07 Å². The summed E-state index contributed by atoms with van der Waals surface area (Å²) < 4.78 is 13.6. The van der Waals surface area contributed by atoms with E-state index in [0.29, 0.717) is 10.2 Å². The van der Waals surface area contributed by atoms with Crippen LogP contribution in [-0.2, 0) is 0 Å². The summed E-state index contributed by atoms with van der Waals surface area (Å²) in [5, 5.41) is 11.8. The first-order valence-electron chi connectivity index (χ1n) is 5.12. The third kappa shape index (κ3) is 2.87. The Balaban J connectivity index is 2.19. The van der Waals surface area contributed by atoms with Gasteiger partial charge < -0.3 is 10.4 Å². The maximum Gasteiger partial charge on any atom is 0.255 e. The zero-order valence-corrected chi connectivity index (χ0v) is 10.7. The molecule has 0 unspecified atom stereocenters. The molecule has 2 aromatic carbocycles. The number of hydrogen-bond acceptors (Lipinski definition) is 2. The first-order valence-corrected chi connectivity index (χ1v) is 5.91. The number of carbonyl (C=O) groups excluding carboxylic acids is 1. The van der Waals surface area contributed by atoms with E-state index in [1.54, 1.807) is 12.1 Å². The smallest absolute Gasteiger partial charge is 0.255 e. The van der Waals surface area contributed by atoms with E-state index in [4.69, 9.17) is 0 Å². The number of carbonyl (C=O) groups is 1. The summed E-state index contributed by atoms with van der Waals surface area (Å²) in [5.74, 6) is -0.889. The van der Waals surface area contributed by atoms with Gasteiger partial charge in [0.1, 0.15) is 11.6 Å². The predicted molar refractivity (Wildman–Crippen MR) is 70.2 cm³/mol. The average molecular weight is 310 g/mol. The number of phenols is 1. The van der Waals surface area contributed by atoms with Crippen molar-refractivity contribution in [2.24, 2.45) is 0 Å². The maximum atomic E-state index is 13.3. The molecule has 0 spiro atoms. The Morgan fingerprint density at radius 3 is 2.67 bits per heavy atom. The topological polar surface area (TPSA) is 49.3 Å². The number of nitrogens with one attached hydrogen (secondary N) is 1. The molecule has 0 atom stereocenters. The van der Waals surface area contributed by atoms with Gasteiger partial charge in [0, 0.05) is 17.3 Å². The number of benzene rings is 2. The number of phenolic OH excluding ortho intramolecular Hbond substituents is 1. The number of anilines is 1. The Hall–Kier alpha value is -1.88. The minimum atomic E-state index is -0.501. The molecule has 92 valence electrons. The highest BCUT2D eigenvalue weighted by Crippen LogP contribution is 2.19. The molecule has 2 rings (SSSR count). The van der Waals surface area contributed by atoms with Crippen LogP contribution < -0.4 is 5.32 Å². The van der Waals surface area contributed by atoms with Crippen molar-refractivity contribution in [2.75, 3.05) is 5.32 Å². The molecule has 0 aliphatic heterocycles. The second-order valence-corrected chi connectivity index (χ2v) is 4.49. The van der Waals surface area contributed by atoms with E-state index >= 15 is 0 Å². The van der Waals surface area contributed by atoms with E-state index in [2.05, 4.69) is 21.2 Å². The molecule has 0 aliphatic rings. The summed E-state index contributed by atoms with van der Waals surface area (Å²) in [4.78, 5) is 11.8. The van der Waals surface area contributed by atoms with E-state index in [1.807, 2.05) is 0 Å². The van der Waals surface area contributed by atoms with Crippen molar-refractivity contribution in [1.82, 2.24) is 0 Å². The summed E-state index contributed by atoms with van der Waals surface area (Å²) >= 11 is 3.02. The van der Waals surface area contributed by atoms with Crippen molar-refractivity contribution in [1.29, 1.82) is 0 Å². The first-order chi connectivity index (χ1) is 8.56. The Bertz CT molecular complexity index is 601. The molecule has 0 bridgehead atoms. The Kier molecular flexibility index (Phi) is 3.62. The minimum Gasteiger partial charge on any atom is -0.508 e. The zero-order valence-electron chi connectivity index (χ0n) is 9.15. The Morgan fingerprint density at radius 1 is 1.22 bits per heavy atom. The highest BCUT2D eigenvalue weighted by molar-refractivity contribution is 9.10. The van der Waals surface area contributed by atoms with Crippen molar-refractivity contribution in [2.45, 2.75) is 0 Å². The molecule has 0 heterocycles. The van der Waals surface area contributed by atoms with Crippen LogP contribution in [0.4, 0.5) is 10.1 Å². The van der Waals surface area contributed by atoms with Gasteiger partial charge in [-0.05, 0) is 46.3 Å². The highest BCUT2D eigenvalue weighted by Gasteiger charge is 2.09. The van der Waals surface area contributed by atoms with Gasteiger partial charge in [0.05, 0.1) is 4.47 Å². The summed E-state index contributed by atoms with van der Waals surface area (Å²) in [7, 11) is 0. The Labute approximate surface area is 111 Å². The molecule has 0 saturated carbocycles. The van der Waals surface area contributed by atoms with Gasteiger partial charge in [-0.1, -0.05) is 6.07 Å². The number of halogens is 2. The van der Waals surface area contributed by atoms with Crippen LogP contribution in [0.25, 0.3) is 0 Å². The lowest BCUT2D eigenvalue weighted by Gasteiger charge is -2.06. The van der Waals surface area contributed by atoms with Crippen LogP contribution >= 0.6 is 15.9 Å². The van der Waals surface area contributed by atoms with Crippen molar-refractivity contribution in [3.63, 3.8) is 0 Å². The predicted octanol–water partition coefficient (Wildman–Crippen LogP) is 3.55. The largest absolute Gasteiger partial charge is 0.508 e. The van der Waals surface area contributed by atoms with Crippen LogP contribution in [0.15, 0.2) is 46.9 Å². The lowest BCUT2D eigenvalue weighted by molar-refractivity contribution is 0.102. The average Bonchev–Trinajstić information content (AvgIpc) is 2.32. The van der Waals surface area contributed by atoms with E-state index in [9.17, 15) is 14.3 Å². The van der Waals surface area contributed by atoms with Gasteiger partial charge in [0.2, 0.25) is 0 Å². The standard InChI is InChI=1S/C13H9BrFNO2/c14-11-5-4-8(6-12(11)15)13(18)16-9-2-1-3-10(17)7-9/h1-7,17H,(H,16,18). The summed E-state index contributed by atoms with van der Waals surface area (Å²) in [6, 6.07) is 10.3. The monoisotopic (exact) mass is 309 g/mol. The van der Waals surface area contributed by atoms with Gasteiger partial charge in [-0.2, -0.15) is 0 Å². The van der Waals surface area contributed by atoms with Crippen LogP contribution in [0.2, 0.25) is 0 Å². The van der Waals surface area contributed by atoms with Crippen LogP contribution in [-0.4, -0.2) is 11.0 Å². The lowest BCUT2D eigenvalue weighted by atomic mass is 10.2. The van der Waals surface area contributed by atoms with E-state index < -0.39 is 11.7 Å². The molecular formula is C13H9BrFNO2. The Morgan fingerprint density at radius 2 is 2.00 bits per heavy atom. The van der Waals surface area contributed by atoms with Crippen LogP contribution in [0.5, 0.6) is 5.75 Å². The molecule has 2 N–H and O–H groups in total. The minimum absolute atomic E-state index is 0.0507. The molecule has 0 fully saturated rings. The summed E-state index contributed by atoms with van der Waals surface area (Å²) in [5.41, 5.74) is 0.655. The summed E-state index contributed by atoms with van der Waals surface area (Å²) in [6.07, 6.45) is 0. The second-order valence-electron chi connectivity index (χ2n) is 3.63. The molecule has 3 nitrogen and oxygen atoms in total. The normalized spacial score (nSPS) is 10.1. The lowest BCUT2D eigenvalue weighted by Crippen LogP contribution is -2.12. The van der Waals surface area contributed by atoms with Crippen molar-refractivity contribution in [3.8, 4) is 5.75 Å². The fourth-order valence-electron chi connectivity index (χ4n) is 1.42. The number of rotatable bonds is 2. The second kappa shape index (κ2) is 5.18. The fourth-order valence-corrected chi connectivity index (χ4v) is 1.67. The van der Waals surface area contributed by atoms with Crippen molar-refractivity contribution >= 4 is 27.5 Å². The molecule has 1 amide bonds. The number of hydrogen-bond donors (Lipinski definition) is 2. The van der Waals surface area contributed by atoms with Gasteiger partial charge in [-0.3, -0.25) is 4.79 Å². The van der Waals surface area contributed by atoms with Gasteiger partial charge in [-0.15, -0.1) is 0 Å². The van der Waals surface area contributed by atoms with Crippen LogP contribution in [0.1, 0.15) is 10.4 Å². The molecule has 5 heteroatoms.